The fourth-order valence-corrected chi connectivity index (χ4v) is 3.09. The van der Waals surface area contributed by atoms with Crippen molar-refractivity contribution < 1.29 is 4.79 Å². The average Bonchev–Trinajstić information content (AvgIpc) is 3.36. The smallest absolute Gasteiger partial charge is 0.253 e. The topological polar surface area (TPSA) is 70.7 Å². The summed E-state index contributed by atoms with van der Waals surface area (Å²) in [5.41, 5.74) is 3.10. The molecule has 25 heavy (non-hydrogen) atoms. The van der Waals surface area contributed by atoms with Gasteiger partial charge in [-0.15, -0.1) is 0 Å². The molecule has 5 heteroatoms. The van der Waals surface area contributed by atoms with Crippen LogP contribution in [-0.2, 0) is 0 Å². The minimum atomic E-state index is -0.0671. The molecular weight excluding hydrogens is 312 g/mol. The molecule has 0 aliphatic heterocycles. The van der Waals surface area contributed by atoms with Crippen LogP contribution in [0, 0.1) is 0 Å². The van der Waals surface area contributed by atoms with E-state index in [4.69, 9.17) is 0 Å². The average molecular weight is 328 g/mol. The van der Waals surface area contributed by atoms with Gasteiger partial charge >= 0.3 is 0 Å². The van der Waals surface area contributed by atoms with E-state index in [2.05, 4.69) is 50.8 Å². The van der Waals surface area contributed by atoms with Crippen LogP contribution in [0.25, 0.3) is 33.1 Å². The fourth-order valence-electron chi connectivity index (χ4n) is 3.09. The van der Waals surface area contributed by atoms with E-state index in [-0.39, 0.29) is 5.91 Å². The van der Waals surface area contributed by atoms with Gasteiger partial charge in [0.2, 0.25) is 0 Å². The molecule has 2 heterocycles. The van der Waals surface area contributed by atoms with Crippen molar-refractivity contribution in [3.63, 3.8) is 0 Å². The Morgan fingerprint density at radius 3 is 2.76 bits per heavy atom. The van der Waals surface area contributed by atoms with Crippen LogP contribution >= 0.6 is 0 Å². The Bertz CT molecular complexity index is 1110. The van der Waals surface area contributed by atoms with Gasteiger partial charge in [0.05, 0.1) is 11.3 Å². The SMILES string of the molecule is O=C(NC1CC1)c1cnc2n[nH]c(-c3ccc4ccccc4c3)c2c1. The molecule has 5 rings (SSSR count). The molecule has 0 unspecified atom stereocenters. The number of amides is 1. The van der Waals surface area contributed by atoms with Crippen molar-refractivity contribution in [3.05, 3.63) is 60.3 Å². The lowest BCUT2D eigenvalue weighted by molar-refractivity contribution is 0.0951. The van der Waals surface area contributed by atoms with E-state index in [1.807, 2.05) is 18.2 Å². The van der Waals surface area contributed by atoms with Gasteiger partial charge in [-0.3, -0.25) is 9.89 Å². The second kappa shape index (κ2) is 5.41. The maximum absolute atomic E-state index is 12.3. The fraction of sp³-hybridized carbons (Fsp3) is 0.150. The van der Waals surface area contributed by atoms with Gasteiger partial charge in [0.25, 0.3) is 5.91 Å². The van der Waals surface area contributed by atoms with Crippen molar-refractivity contribution in [1.82, 2.24) is 20.5 Å². The van der Waals surface area contributed by atoms with Gasteiger partial charge in [-0.2, -0.15) is 5.10 Å². The number of benzene rings is 2. The minimum absolute atomic E-state index is 0.0671. The molecule has 0 saturated heterocycles. The molecular formula is C20H16N4O. The maximum Gasteiger partial charge on any atom is 0.253 e. The first-order valence-corrected chi connectivity index (χ1v) is 8.42. The highest BCUT2D eigenvalue weighted by molar-refractivity contribution is 6.01. The Kier molecular flexibility index (Phi) is 3.06. The third-order valence-corrected chi connectivity index (χ3v) is 4.62. The third kappa shape index (κ3) is 2.54. The van der Waals surface area contributed by atoms with Crippen LogP contribution < -0.4 is 5.32 Å². The molecule has 2 aromatic carbocycles. The molecule has 4 aromatic rings. The Morgan fingerprint density at radius 1 is 1.08 bits per heavy atom. The van der Waals surface area contributed by atoms with Crippen LogP contribution in [0.5, 0.6) is 0 Å². The third-order valence-electron chi connectivity index (χ3n) is 4.62. The first-order valence-electron chi connectivity index (χ1n) is 8.42. The molecule has 0 radical (unpaired) electrons. The standard InChI is InChI=1S/C20H16N4O/c25-20(22-16-7-8-16)15-10-17-18(23-24-19(17)21-11-15)14-6-5-12-3-1-2-4-13(12)9-14/h1-6,9-11,16H,7-8H2,(H,22,25)(H,21,23,24). The molecule has 122 valence electrons. The zero-order valence-electron chi connectivity index (χ0n) is 13.5. The predicted molar refractivity (Wildman–Crippen MR) is 97.3 cm³/mol. The number of fused-ring (bicyclic) bond motifs is 2. The van der Waals surface area contributed by atoms with Gasteiger partial charge in [0, 0.05) is 23.2 Å². The molecule has 2 aromatic heterocycles. The van der Waals surface area contributed by atoms with Gasteiger partial charge in [-0.1, -0.05) is 36.4 Å². The van der Waals surface area contributed by atoms with Gasteiger partial charge in [-0.05, 0) is 35.7 Å². The lowest BCUT2D eigenvalue weighted by atomic mass is 10.0. The second-order valence-corrected chi connectivity index (χ2v) is 6.50. The Morgan fingerprint density at radius 2 is 1.92 bits per heavy atom. The summed E-state index contributed by atoms with van der Waals surface area (Å²) in [6.07, 6.45) is 3.72. The van der Waals surface area contributed by atoms with E-state index in [1.165, 1.54) is 10.8 Å². The molecule has 1 saturated carbocycles. The first kappa shape index (κ1) is 14.2. The van der Waals surface area contributed by atoms with E-state index in [9.17, 15) is 4.79 Å². The summed E-state index contributed by atoms with van der Waals surface area (Å²) >= 11 is 0. The van der Waals surface area contributed by atoms with Gasteiger partial charge in [0.1, 0.15) is 0 Å². The summed E-state index contributed by atoms with van der Waals surface area (Å²) < 4.78 is 0. The zero-order valence-corrected chi connectivity index (χ0v) is 13.5. The number of rotatable bonds is 3. The highest BCUT2D eigenvalue weighted by Crippen LogP contribution is 2.29. The van der Waals surface area contributed by atoms with Crippen LogP contribution in [0.3, 0.4) is 0 Å². The number of pyridine rings is 1. The monoisotopic (exact) mass is 328 g/mol. The van der Waals surface area contributed by atoms with E-state index >= 15 is 0 Å². The number of hydrogen-bond donors (Lipinski definition) is 2. The highest BCUT2D eigenvalue weighted by atomic mass is 16.1. The van der Waals surface area contributed by atoms with E-state index < -0.39 is 0 Å². The number of carbonyl (C=O) groups excluding carboxylic acids is 1. The quantitative estimate of drug-likeness (QED) is 0.603. The van der Waals surface area contributed by atoms with Crippen LogP contribution in [0.4, 0.5) is 0 Å². The van der Waals surface area contributed by atoms with Crippen molar-refractivity contribution in [3.8, 4) is 11.3 Å². The maximum atomic E-state index is 12.3. The van der Waals surface area contributed by atoms with Crippen molar-refractivity contribution >= 4 is 27.7 Å². The van der Waals surface area contributed by atoms with Crippen molar-refractivity contribution in [1.29, 1.82) is 0 Å². The summed E-state index contributed by atoms with van der Waals surface area (Å²) in [7, 11) is 0. The van der Waals surface area contributed by atoms with Crippen molar-refractivity contribution in [2.75, 3.05) is 0 Å². The molecule has 1 amide bonds. The van der Waals surface area contributed by atoms with E-state index in [0.717, 1.165) is 29.5 Å². The molecule has 0 atom stereocenters. The van der Waals surface area contributed by atoms with Crippen LogP contribution in [0.1, 0.15) is 23.2 Å². The molecule has 2 N–H and O–H groups in total. The van der Waals surface area contributed by atoms with Crippen molar-refractivity contribution in [2.45, 2.75) is 18.9 Å². The predicted octanol–water partition coefficient (Wildman–Crippen LogP) is 3.67. The molecule has 1 fully saturated rings. The Hall–Kier alpha value is -3.21. The van der Waals surface area contributed by atoms with Gasteiger partial charge in [0.15, 0.2) is 5.65 Å². The largest absolute Gasteiger partial charge is 0.349 e. The number of nitrogens with one attached hydrogen (secondary N) is 2. The lowest BCUT2D eigenvalue weighted by Crippen LogP contribution is -2.25. The first-order chi connectivity index (χ1) is 12.3. The molecule has 1 aliphatic rings. The summed E-state index contributed by atoms with van der Waals surface area (Å²) in [6, 6.07) is 16.7. The number of aromatic amines is 1. The van der Waals surface area contributed by atoms with Crippen LogP contribution in [0.15, 0.2) is 54.7 Å². The van der Waals surface area contributed by atoms with Crippen molar-refractivity contribution in [2.24, 2.45) is 0 Å². The van der Waals surface area contributed by atoms with Gasteiger partial charge in [-0.25, -0.2) is 4.98 Å². The molecule has 0 bridgehead atoms. The number of hydrogen-bond acceptors (Lipinski definition) is 3. The number of aromatic nitrogens is 3. The Labute approximate surface area is 144 Å². The van der Waals surface area contributed by atoms with E-state index in [0.29, 0.717) is 17.3 Å². The summed E-state index contributed by atoms with van der Waals surface area (Å²) in [4.78, 5) is 16.6. The normalized spacial score (nSPS) is 14.1. The van der Waals surface area contributed by atoms with Crippen LogP contribution in [0.2, 0.25) is 0 Å². The number of nitrogens with zero attached hydrogens (tertiary/aromatic N) is 2. The molecule has 5 nitrogen and oxygen atoms in total. The molecule has 0 spiro atoms. The summed E-state index contributed by atoms with van der Waals surface area (Å²) in [6.45, 7) is 0. The lowest BCUT2D eigenvalue weighted by Gasteiger charge is -2.04. The second-order valence-electron chi connectivity index (χ2n) is 6.50. The minimum Gasteiger partial charge on any atom is -0.349 e. The Balaban J connectivity index is 1.60. The van der Waals surface area contributed by atoms with Gasteiger partial charge < -0.3 is 5.32 Å². The van der Waals surface area contributed by atoms with Crippen LogP contribution in [-0.4, -0.2) is 27.1 Å². The van der Waals surface area contributed by atoms with E-state index in [1.54, 1.807) is 6.20 Å². The highest BCUT2D eigenvalue weighted by Gasteiger charge is 2.24. The molecule has 1 aliphatic carbocycles. The number of H-pyrrole nitrogens is 1. The summed E-state index contributed by atoms with van der Waals surface area (Å²) in [5, 5.41) is 13.6. The zero-order chi connectivity index (χ0) is 16.8. The summed E-state index contributed by atoms with van der Waals surface area (Å²) in [5.74, 6) is -0.0671. The number of carbonyl (C=O) groups is 1.